The van der Waals surface area contributed by atoms with Crippen LogP contribution in [-0.2, 0) is 0 Å². The van der Waals surface area contributed by atoms with E-state index in [1.807, 2.05) is 0 Å². The molecule has 1 aromatic carbocycles. The lowest BCUT2D eigenvalue weighted by atomic mass is 10.2. The molecule has 1 aromatic heterocycles. The second-order valence-electron chi connectivity index (χ2n) is 3.23. The molecule has 0 amide bonds. The quantitative estimate of drug-likeness (QED) is 0.936. The number of aromatic carboxylic acids is 1. The van der Waals surface area contributed by atoms with Crippen LogP contribution in [-0.4, -0.2) is 21.3 Å². The third-order valence-corrected chi connectivity index (χ3v) is 2.47. The van der Waals surface area contributed by atoms with Gasteiger partial charge in [0.1, 0.15) is 11.3 Å². The molecular weight excluding hydrogens is 279 g/mol. The molecule has 18 heavy (non-hydrogen) atoms. The lowest BCUT2D eigenvalue weighted by molar-refractivity contribution is 0.0694. The van der Waals surface area contributed by atoms with Crippen LogP contribution in [0.2, 0.25) is 10.3 Å². The molecule has 5 nitrogen and oxygen atoms in total. The van der Waals surface area contributed by atoms with Gasteiger partial charge in [-0.15, -0.1) is 10.2 Å². The van der Waals surface area contributed by atoms with Crippen molar-refractivity contribution in [3.8, 4) is 11.5 Å². The van der Waals surface area contributed by atoms with Crippen LogP contribution in [0.25, 0.3) is 0 Å². The van der Waals surface area contributed by atoms with Gasteiger partial charge in [0.25, 0.3) is 0 Å². The SMILES string of the molecule is O=C(O)c1ccccc1Oc1cc(Cl)nnc1Cl. The highest BCUT2D eigenvalue weighted by Gasteiger charge is 2.13. The maximum Gasteiger partial charge on any atom is 0.339 e. The second-order valence-corrected chi connectivity index (χ2v) is 3.97. The Balaban J connectivity index is 2.40. The van der Waals surface area contributed by atoms with Crippen LogP contribution in [0, 0.1) is 0 Å². The van der Waals surface area contributed by atoms with Crippen molar-refractivity contribution in [2.24, 2.45) is 0 Å². The zero-order valence-electron chi connectivity index (χ0n) is 8.80. The topological polar surface area (TPSA) is 72.3 Å². The molecule has 92 valence electrons. The van der Waals surface area contributed by atoms with E-state index in [0.29, 0.717) is 0 Å². The number of carboxylic acids is 1. The van der Waals surface area contributed by atoms with E-state index in [0.717, 1.165) is 0 Å². The van der Waals surface area contributed by atoms with Gasteiger partial charge in [0.05, 0.1) is 0 Å². The number of rotatable bonds is 3. The van der Waals surface area contributed by atoms with Crippen molar-refractivity contribution >= 4 is 29.2 Å². The van der Waals surface area contributed by atoms with Gasteiger partial charge in [-0.2, -0.15) is 0 Å². The largest absolute Gasteiger partial charge is 0.478 e. The van der Waals surface area contributed by atoms with Crippen molar-refractivity contribution in [3.05, 3.63) is 46.2 Å². The molecule has 2 aromatic rings. The Morgan fingerprint density at radius 3 is 2.61 bits per heavy atom. The molecule has 0 aliphatic carbocycles. The number of nitrogens with zero attached hydrogens (tertiary/aromatic N) is 2. The number of carboxylic acid groups (broad SMARTS) is 1. The lowest BCUT2D eigenvalue weighted by Crippen LogP contribution is -2.00. The van der Waals surface area contributed by atoms with Gasteiger partial charge in [0, 0.05) is 6.07 Å². The van der Waals surface area contributed by atoms with Crippen LogP contribution in [0.15, 0.2) is 30.3 Å². The predicted octanol–water partition coefficient (Wildman–Crippen LogP) is 3.27. The molecule has 1 heterocycles. The van der Waals surface area contributed by atoms with E-state index in [9.17, 15) is 4.79 Å². The van der Waals surface area contributed by atoms with Crippen molar-refractivity contribution in [1.82, 2.24) is 10.2 Å². The maximum absolute atomic E-state index is 11.0. The summed E-state index contributed by atoms with van der Waals surface area (Å²) in [4.78, 5) is 11.0. The summed E-state index contributed by atoms with van der Waals surface area (Å²) < 4.78 is 5.38. The molecule has 0 radical (unpaired) electrons. The molecule has 0 spiro atoms. The van der Waals surface area contributed by atoms with Gasteiger partial charge in [-0.1, -0.05) is 35.3 Å². The predicted molar refractivity (Wildman–Crippen MR) is 65.5 cm³/mol. The van der Waals surface area contributed by atoms with E-state index >= 15 is 0 Å². The van der Waals surface area contributed by atoms with Gasteiger partial charge < -0.3 is 9.84 Å². The van der Waals surface area contributed by atoms with Gasteiger partial charge in [0.2, 0.25) is 0 Å². The Kier molecular flexibility index (Phi) is 3.64. The van der Waals surface area contributed by atoms with Gasteiger partial charge in [-0.25, -0.2) is 4.79 Å². The van der Waals surface area contributed by atoms with E-state index in [-0.39, 0.29) is 27.4 Å². The molecule has 0 fully saturated rings. The molecule has 0 saturated heterocycles. The number of aromatic nitrogens is 2. The lowest BCUT2D eigenvalue weighted by Gasteiger charge is -2.08. The summed E-state index contributed by atoms with van der Waals surface area (Å²) >= 11 is 11.4. The molecule has 0 unspecified atom stereocenters. The summed E-state index contributed by atoms with van der Waals surface area (Å²) in [5.74, 6) is -0.809. The van der Waals surface area contributed by atoms with Crippen molar-refractivity contribution < 1.29 is 14.6 Å². The van der Waals surface area contributed by atoms with Gasteiger partial charge in [-0.05, 0) is 12.1 Å². The first-order valence-corrected chi connectivity index (χ1v) is 5.52. The van der Waals surface area contributed by atoms with Crippen molar-refractivity contribution in [1.29, 1.82) is 0 Å². The molecule has 0 aliphatic heterocycles. The fraction of sp³-hybridized carbons (Fsp3) is 0. The van der Waals surface area contributed by atoms with Gasteiger partial charge in [-0.3, -0.25) is 0 Å². The Bertz CT molecular complexity index is 605. The number of benzene rings is 1. The van der Waals surface area contributed by atoms with Crippen LogP contribution in [0.5, 0.6) is 11.5 Å². The minimum absolute atomic E-state index is 0.000378. The summed E-state index contributed by atoms with van der Waals surface area (Å²) in [6, 6.07) is 7.52. The molecule has 0 bridgehead atoms. The molecule has 0 saturated carbocycles. The minimum Gasteiger partial charge on any atom is -0.478 e. The molecule has 7 heteroatoms. The smallest absolute Gasteiger partial charge is 0.339 e. The Morgan fingerprint density at radius 1 is 1.17 bits per heavy atom. The zero-order chi connectivity index (χ0) is 13.1. The molecule has 0 atom stereocenters. The highest BCUT2D eigenvalue weighted by Crippen LogP contribution is 2.30. The highest BCUT2D eigenvalue weighted by atomic mass is 35.5. The van der Waals surface area contributed by atoms with Crippen molar-refractivity contribution in [2.75, 3.05) is 0 Å². The molecule has 1 N–H and O–H groups in total. The first-order valence-electron chi connectivity index (χ1n) is 4.77. The van der Waals surface area contributed by atoms with E-state index in [4.69, 9.17) is 33.0 Å². The number of halogens is 2. The first-order chi connectivity index (χ1) is 8.58. The van der Waals surface area contributed by atoms with Crippen molar-refractivity contribution in [2.45, 2.75) is 0 Å². The molecule has 0 aliphatic rings. The average molecular weight is 285 g/mol. The van der Waals surface area contributed by atoms with Crippen molar-refractivity contribution in [3.63, 3.8) is 0 Å². The summed E-state index contributed by atoms with van der Waals surface area (Å²) in [6.45, 7) is 0. The molecular formula is C11H6Cl2N2O3. The van der Waals surface area contributed by atoms with Crippen LogP contribution >= 0.6 is 23.2 Å². The number of carbonyl (C=O) groups is 1. The summed E-state index contributed by atoms with van der Waals surface area (Å²) in [5.41, 5.74) is 0.0153. The Labute approximate surface area is 112 Å². The van der Waals surface area contributed by atoms with E-state index < -0.39 is 5.97 Å². The van der Waals surface area contributed by atoms with E-state index in [2.05, 4.69) is 10.2 Å². The first kappa shape index (κ1) is 12.6. The van der Waals surface area contributed by atoms with Gasteiger partial charge >= 0.3 is 5.97 Å². The number of hydrogen-bond acceptors (Lipinski definition) is 4. The Morgan fingerprint density at radius 2 is 1.89 bits per heavy atom. The standard InChI is InChI=1S/C11H6Cl2N2O3/c12-9-5-8(10(13)15-14-9)18-7-4-2-1-3-6(7)11(16)17/h1-5H,(H,16,17). The summed E-state index contributed by atoms with van der Waals surface area (Å²) in [5, 5.41) is 16.2. The summed E-state index contributed by atoms with van der Waals surface area (Å²) in [6.07, 6.45) is 0. The normalized spacial score (nSPS) is 10.1. The number of hydrogen-bond donors (Lipinski definition) is 1. The van der Waals surface area contributed by atoms with Crippen LogP contribution in [0.3, 0.4) is 0 Å². The molecule has 2 rings (SSSR count). The van der Waals surface area contributed by atoms with Gasteiger partial charge in [0.15, 0.2) is 16.1 Å². The average Bonchev–Trinajstić information content (AvgIpc) is 2.34. The second kappa shape index (κ2) is 5.20. The third kappa shape index (κ3) is 2.69. The minimum atomic E-state index is -1.10. The van der Waals surface area contributed by atoms with E-state index in [1.54, 1.807) is 12.1 Å². The maximum atomic E-state index is 11.0. The highest BCUT2D eigenvalue weighted by molar-refractivity contribution is 6.32. The fourth-order valence-corrected chi connectivity index (χ4v) is 1.53. The monoisotopic (exact) mass is 284 g/mol. The zero-order valence-corrected chi connectivity index (χ0v) is 10.3. The number of para-hydroxylation sites is 1. The van der Waals surface area contributed by atoms with Crippen LogP contribution < -0.4 is 4.74 Å². The van der Waals surface area contributed by atoms with E-state index in [1.165, 1.54) is 18.2 Å². The van der Waals surface area contributed by atoms with Crippen LogP contribution in [0.1, 0.15) is 10.4 Å². The summed E-state index contributed by atoms with van der Waals surface area (Å²) in [7, 11) is 0. The fourth-order valence-electron chi connectivity index (χ4n) is 1.26. The third-order valence-electron chi connectivity index (χ3n) is 2.02. The Hall–Kier alpha value is -1.85. The van der Waals surface area contributed by atoms with Crippen LogP contribution in [0.4, 0.5) is 0 Å². The number of ether oxygens (including phenoxy) is 1.